The average molecular weight is 281 g/mol. The van der Waals surface area contributed by atoms with E-state index in [1.807, 2.05) is 4.90 Å². The molecule has 0 saturated carbocycles. The summed E-state index contributed by atoms with van der Waals surface area (Å²) in [6.07, 6.45) is -0.313. The molecule has 106 valence electrons. The van der Waals surface area contributed by atoms with Crippen molar-refractivity contribution in [2.24, 2.45) is 0 Å². The largest absolute Gasteiger partial charge is 0.465 e. The summed E-state index contributed by atoms with van der Waals surface area (Å²) in [7, 11) is 0. The highest BCUT2D eigenvalue weighted by Gasteiger charge is 2.46. The molecule has 1 amide bonds. The van der Waals surface area contributed by atoms with Crippen molar-refractivity contribution in [3.63, 3.8) is 0 Å². The number of halogens is 1. The number of nitro benzene ring substituents is 1. The van der Waals surface area contributed by atoms with Gasteiger partial charge in [0.15, 0.2) is 0 Å². The van der Waals surface area contributed by atoms with E-state index < -0.39 is 16.8 Å². The first-order valence-corrected chi connectivity index (χ1v) is 6.17. The smallest absolute Gasteiger partial charge is 0.407 e. The van der Waals surface area contributed by atoms with Gasteiger partial charge in [0, 0.05) is 19.1 Å². The minimum absolute atomic E-state index is 0.0831. The number of rotatable bonds is 2. The first-order chi connectivity index (χ1) is 9.47. The summed E-state index contributed by atoms with van der Waals surface area (Å²) in [4.78, 5) is 24.6. The molecule has 0 spiro atoms. The molecule has 8 heteroatoms. The van der Waals surface area contributed by atoms with Gasteiger partial charge in [0.25, 0.3) is 5.69 Å². The van der Waals surface area contributed by atoms with Crippen molar-refractivity contribution in [1.82, 2.24) is 4.90 Å². The summed E-state index contributed by atoms with van der Waals surface area (Å²) < 4.78 is 13.1. The molecule has 1 aromatic rings. The molecule has 0 aromatic heterocycles. The number of carbonyl (C=O) groups is 1. The second-order valence-corrected chi connectivity index (χ2v) is 5.02. The van der Waals surface area contributed by atoms with E-state index in [0.29, 0.717) is 25.2 Å². The number of nitro groups is 1. The second kappa shape index (κ2) is 4.32. The standard InChI is InChI=1S/C12H12FN3O4/c13-7-1-2-10(11(3-7)16(19)20)14-5-9-4-8(14)6-15(9)12(17)18/h1-3,8-9H,4-6H2,(H,17,18). The summed E-state index contributed by atoms with van der Waals surface area (Å²) in [5.74, 6) is -0.656. The molecular formula is C12H12FN3O4. The summed E-state index contributed by atoms with van der Waals surface area (Å²) in [5.41, 5.74) is 0.0772. The van der Waals surface area contributed by atoms with Gasteiger partial charge in [0.1, 0.15) is 11.5 Å². The van der Waals surface area contributed by atoms with E-state index in [0.717, 1.165) is 6.07 Å². The Kier molecular flexibility index (Phi) is 2.73. The van der Waals surface area contributed by atoms with Crippen LogP contribution in [0.4, 0.5) is 20.6 Å². The fourth-order valence-corrected chi connectivity index (χ4v) is 3.08. The molecule has 2 aliphatic heterocycles. The SMILES string of the molecule is O=C(O)N1CC2CC1CN2c1ccc(F)cc1[N+](=O)[O-]. The number of amides is 1. The lowest BCUT2D eigenvalue weighted by Gasteiger charge is -2.33. The molecule has 2 bridgehead atoms. The molecule has 0 aliphatic carbocycles. The molecule has 20 heavy (non-hydrogen) atoms. The lowest BCUT2D eigenvalue weighted by Crippen LogP contribution is -2.48. The average Bonchev–Trinajstić information content (AvgIpc) is 2.98. The van der Waals surface area contributed by atoms with E-state index in [4.69, 9.17) is 5.11 Å². The molecule has 1 aromatic carbocycles. The van der Waals surface area contributed by atoms with Crippen LogP contribution >= 0.6 is 0 Å². The molecule has 7 nitrogen and oxygen atoms in total. The molecule has 2 atom stereocenters. The monoisotopic (exact) mass is 281 g/mol. The van der Waals surface area contributed by atoms with Gasteiger partial charge in [0.05, 0.1) is 17.0 Å². The van der Waals surface area contributed by atoms with Crippen molar-refractivity contribution < 1.29 is 19.2 Å². The summed E-state index contributed by atoms with van der Waals surface area (Å²) in [6, 6.07) is 3.24. The van der Waals surface area contributed by atoms with Crippen LogP contribution in [0.25, 0.3) is 0 Å². The number of likely N-dealkylation sites (tertiary alicyclic amines) is 1. The molecule has 2 fully saturated rings. The van der Waals surface area contributed by atoms with Crippen LogP contribution in [0.15, 0.2) is 18.2 Å². The van der Waals surface area contributed by atoms with Gasteiger partial charge in [-0.2, -0.15) is 0 Å². The fraction of sp³-hybridized carbons (Fsp3) is 0.417. The number of nitrogens with zero attached hydrogens (tertiary/aromatic N) is 3. The minimum Gasteiger partial charge on any atom is -0.465 e. The predicted molar refractivity (Wildman–Crippen MR) is 67.3 cm³/mol. The molecule has 2 heterocycles. The quantitative estimate of drug-likeness (QED) is 0.658. The number of hydrogen-bond acceptors (Lipinski definition) is 4. The van der Waals surface area contributed by atoms with Crippen molar-refractivity contribution in [2.45, 2.75) is 18.5 Å². The van der Waals surface area contributed by atoms with Crippen molar-refractivity contribution in [3.8, 4) is 0 Å². The molecule has 2 aliphatic rings. The van der Waals surface area contributed by atoms with Crippen molar-refractivity contribution >= 4 is 17.5 Å². The zero-order valence-electron chi connectivity index (χ0n) is 10.4. The van der Waals surface area contributed by atoms with Crippen LogP contribution in [-0.2, 0) is 0 Å². The van der Waals surface area contributed by atoms with Crippen LogP contribution in [0.1, 0.15) is 6.42 Å². The van der Waals surface area contributed by atoms with Gasteiger partial charge >= 0.3 is 6.09 Å². The van der Waals surface area contributed by atoms with Crippen LogP contribution in [0, 0.1) is 15.9 Å². The van der Waals surface area contributed by atoms with Gasteiger partial charge < -0.3 is 14.9 Å². The van der Waals surface area contributed by atoms with Gasteiger partial charge in [-0.1, -0.05) is 0 Å². The summed E-state index contributed by atoms with van der Waals surface area (Å²) in [5, 5.41) is 20.0. The Hall–Kier alpha value is -2.38. The number of piperazine rings is 1. The van der Waals surface area contributed by atoms with E-state index >= 15 is 0 Å². The number of fused-ring (bicyclic) bond motifs is 2. The minimum atomic E-state index is -0.967. The highest BCUT2D eigenvalue weighted by atomic mass is 19.1. The Balaban J connectivity index is 1.90. The summed E-state index contributed by atoms with van der Waals surface area (Å²) in [6.45, 7) is 0.734. The van der Waals surface area contributed by atoms with Crippen LogP contribution in [0.2, 0.25) is 0 Å². The zero-order valence-corrected chi connectivity index (χ0v) is 10.4. The maximum atomic E-state index is 13.1. The van der Waals surface area contributed by atoms with E-state index in [1.54, 1.807) is 0 Å². The number of benzene rings is 1. The zero-order chi connectivity index (χ0) is 14.4. The van der Waals surface area contributed by atoms with E-state index in [-0.39, 0.29) is 17.8 Å². The fourth-order valence-electron chi connectivity index (χ4n) is 3.08. The number of anilines is 1. The second-order valence-electron chi connectivity index (χ2n) is 5.02. The Bertz CT molecular complexity index is 594. The Morgan fingerprint density at radius 1 is 1.40 bits per heavy atom. The first-order valence-electron chi connectivity index (χ1n) is 6.17. The highest BCUT2D eigenvalue weighted by Crippen LogP contribution is 2.38. The summed E-state index contributed by atoms with van der Waals surface area (Å²) >= 11 is 0. The maximum Gasteiger partial charge on any atom is 0.407 e. The van der Waals surface area contributed by atoms with Crippen LogP contribution < -0.4 is 4.90 Å². The third-order valence-electron chi connectivity index (χ3n) is 3.93. The Morgan fingerprint density at radius 2 is 2.15 bits per heavy atom. The van der Waals surface area contributed by atoms with Crippen LogP contribution in [0.5, 0.6) is 0 Å². The third kappa shape index (κ3) is 1.84. The lowest BCUT2D eigenvalue weighted by atomic mass is 10.2. The van der Waals surface area contributed by atoms with Gasteiger partial charge in [-0.15, -0.1) is 0 Å². The predicted octanol–water partition coefficient (Wildman–Crippen LogP) is 1.67. The molecule has 2 saturated heterocycles. The Morgan fingerprint density at radius 3 is 2.70 bits per heavy atom. The highest BCUT2D eigenvalue weighted by molar-refractivity contribution is 5.69. The van der Waals surface area contributed by atoms with Gasteiger partial charge in [-0.3, -0.25) is 10.1 Å². The van der Waals surface area contributed by atoms with Gasteiger partial charge in [0.2, 0.25) is 0 Å². The molecule has 3 rings (SSSR count). The van der Waals surface area contributed by atoms with Gasteiger partial charge in [-0.25, -0.2) is 9.18 Å². The van der Waals surface area contributed by atoms with E-state index in [9.17, 15) is 19.3 Å². The number of hydrogen-bond donors (Lipinski definition) is 1. The molecular weight excluding hydrogens is 269 g/mol. The topological polar surface area (TPSA) is 86.9 Å². The van der Waals surface area contributed by atoms with Crippen LogP contribution in [0.3, 0.4) is 0 Å². The van der Waals surface area contributed by atoms with Gasteiger partial charge in [-0.05, 0) is 18.6 Å². The maximum absolute atomic E-state index is 13.1. The molecule has 0 radical (unpaired) electrons. The van der Waals surface area contributed by atoms with Crippen molar-refractivity contribution in [1.29, 1.82) is 0 Å². The van der Waals surface area contributed by atoms with E-state index in [1.165, 1.54) is 17.0 Å². The third-order valence-corrected chi connectivity index (χ3v) is 3.93. The molecule has 1 N–H and O–H groups in total. The van der Waals surface area contributed by atoms with Crippen molar-refractivity contribution in [3.05, 3.63) is 34.1 Å². The normalized spacial score (nSPS) is 24.2. The van der Waals surface area contributed by atoms with Crippen molar-refractivity contribution in [2.75, 3.05) is 18.0 Å². The first kappa shape index (κ1) is 12.6. The lowest BCUT2D eigenvalue weighted by molar-refractivity contribution is -0.384. The Labute approximate surface area is 113 Å². The van der Waals surface area contributed by atoms with E-state index in [2.05, 4.69) is 0 Å². The molecule has 2 unspecified atom stereocenters. The number of carboxylic acid groups (broad SMARTS) is 1. The van der Waals surface area contributed by atoms with Crippen LogP contribution in [-0.4, -0.2) is 46.2 Å².